The van der Waals surface area contributed by atoms with Crippen molar-refractivity contribution in [3.63, 3.8) is 0 Å². The normalized spacial score (nSPS) is 20.6. The van der Waals surface area contributed by atoms with E-state index in [9.17, 15) is 28.0 Å². The van der Waals surface area contributed by atoms with Crippen molar-refractivity contribution < 1.29 is 28.0 Å². The molecule has 4 heterocycles. The highest BCUT2D eigenvalue weighted by Crippen LogP contribution is 2.44. The SMILES string of the molecule is CCC(=O)n1cc2c3c(cccc31)C1=CC(C(=O)N(CC)CC)CN(CCCF)[C@@H]1C2.CCC(=O)n1cc2c3c(cccc31)C1=C[C@@H](C(=O)N(CC)CC)CN(CCF)[C@@H]1C2. The molecule has 4 aromatic rings. The number of alkyl halides is 2. The van der Waals surface area contributed by atoms with Gasteiger partial charge in [-0.15, -0.1) is 0 Å². The van der Waals surface area contributed by atoms with Crippen LogP contribution in [-0.4, -0.2) is 130 Å². The minimum atomic E-state index is -0.442. The van der Waals surface area contributed by atoms with Crippen LogP contribution in [-0.2, 0) is 22.4 Å². The molecule has 61 heavy (non-hydrogen) atoms. The molecule has 0 spiro atoms. The number of fused-ring (bicyclic) bond motifs is 4. The highest BCUT2D eigenvalue weighted by atomic mass is 19.1. The molecule has 4 aliphatic rings. The molecule has 0 radical (unpaired) electrons. The minimum absolute atomic E-state index is 0.0344. The van der Waals surface area contributed by atoms with Crippen molar-refractivity contribution in [1.29, 1.82) is 0 Å². The average molecular weight is 837 g/mol. The van der Waals surface area contributed by atoms with Crippen LogP contribution in [0.1, 0.15) is 92.6 Å². The largest absolute Gasteiger partial charge is 0.343 e. The summed E-state index contributed by atoms with van der Waals surface area (Å²) in [5.74, 6) is -0.126. The third kappa shape index (κ3) is 8.13. The van der Waals surface area contributed by atoms with Gasteiger partial charge >= 0.3 is 0 Å². The molecule has 2 aliphatic carbocycles. The van der Waals surface area contributed by atoms with Gasteiger partial charge in [-0.05, 0) is 92.5 Å². The van der Waals surface area contributed by atoms with Crippen LogP contribution in [0.25, 0.3) is 33.0 Å². The number of aromatic nitrogens is 2. The average Bonchev–Trinajstić information content (AvgIpc) is 3.86. The number of amides is 2. The molecule has 2 aliphatic heterocycles. The lowest BCUT2D eigenvalue weighted by molar-refractivity contribution is -0.135. The maximum Gasteiger partial charge on any atom is 0.230 e. The Labute approximate surface area is 358 Å². The van der Waals surface area contributed by atoms with E-state index in [-0.39, 0.29) is 54.2 Å². The number of rotatable bonds is 13. The van der Waals surface area contributed by atoms with E-state index >= 15 is 0 Å². The van der Waals surface area contributed by atoms with Gasteiger partial charge in [-0.3, -0.25) is 42.5 Å². The van der Waals surface area contributed by atoms with Gasteiger partial charge in [0.15, 0.2) is 0 Å². The summed E-state index contributed by atoms with van der Waals surface area (Å²) in [7, 11) is 0. The van der Waals surface area contributed by atoms with Crippen molar-refractivity contribution in [1.82, 2.24) is 28.7 Å². The molecule has 8 rings (SSSR count). The molecule has 2 aromatic carbocycles. The number of halogens is 2. The van der Waals surface area contributed by atoms with Crippen LogP contribution in [0.2, 0.25) is 0 Å². The molecule has 0 saturated carbocycles. The molecule has 0 saturated heterocycles. The second kappa shape index (κ2) is 19.0. The molecule has 10 nitrogen and oxygen atoms in total. The van der Waals surface area contributed by atoms with E-state index in [1.807, 2.05) is 88.0 Å². The van der Waals surface area contributed by atoms with Gasteiger partial charge < -0.3 is 9.80 Å². The van der Waals surface area contributed by atoms with Crippen molar-refractivity contribution in [3.8, 4) is 0 Å². The first-order valence-corrected chi connectivity index (χ1v) is 22.5. The van der Waals surface area contributed by atoms with Gasteiger partial charge in [0.25, 0.3) is 0 Å². The van der Waals surface area contributed by atoms with Crippen molar-refractivity contribution >= 4 is 56.6 Å². The zero-order valence-corrected chi connectivity index (χ0v) is 36.8. The topological polar surface area (TPSA) is 91.1 Å². The Balaban J connectivity index is 0.000000184. The van der Waals surface area contributed by atoms with Crippen LogP contribution in [0, 0.1) is 11.8 Å². The van der Waals surface area contributed by atoms with E-state index in [0.717, 1.165) is 68.0 Å². The summed E-state index contributed by atoms with van der Waals surface area (Å²) in [5, 5.41) is 2.21. The summed E-state index contributed by atoms with van der Waals surface area (Å²) in [6.45, 7) is 15.7. The predicted molar refractivity (Wildman–Crippen MR) is 239 cm³/mol. The molecular weight excluding hydrogens is 775 g/mol. The van der Waals surface area contributed by atoms with Crippen molar-refractivity contribution in [3.05, 3.63) is 83.2 Å². The number of nitrogens with zero attached hydrogens (tertiary/aromatic N) is 6. The van der Waals surface area contributed by atoms with E-state index in [1.165, 1.54) is 0 Å². The third-order valence-electron chi connectivity index (χ3n) is 13.4. The van der Waals surface area contributed by atoms with E-state index in [2.05, 4.69) is 34.1 Å². The first-order chi connectivity index (χ1) is 29.6. The highest BCUT2D eigenvalue weighted by Gasteiger charge is 2.40. The lowest BCUT2D eigenvalue weighted by Crippen LogP contribution is -2.49. The van der Waals surface area contributed by atoms with Crippen molar-refractivity contribution in [2.75, 3.05) is 65.7 Å². The van der Waals surface area contributed by atoms with Crippen molar-refractivity contribution in [2.45, 2.75) is 85.7 Å². The monoisotopic (exact) mass is 836 g/mol. The fourth-order valence-corrected chi connectivity index (χ4v) is 10.3. The molecule has 0 bridgehead atoms. The van der Waals surface area contributed by atoms with Crippen LogP contribution in [0.4, 0.5) is 8.78 Å². The highest BCUT2D eigenvalue weighted by molar-refractivity contribution is 6.04. The molecule has 0 N–H and O–H groups in total. The summed E-state index contributed by atoms with van der Waals surface area (Å²) in [4.78, 5) is 59.5. The maximum absolute atomic E-state index is 13.4. The Bertz CT molecular complexity index is 2350. The summed E-state index contributed by atoms with van der Waals surface area (Å²) in [5.41, 5.74) is 8.57. The molecule has 326 valence electrons. The Morgan fingerprint density at radius 3 is 1.41 bits per heavy atom. The maximum atomic E-state index is 13.4. The molecule has 1 unspecified atom stereocenters. The number of carbonyl (C=O) groups excluding carboxylic acids is 4. The van der Waals surface area contributed by atoms with E-state index in [1.54, 1.807) is 9.13 Å². The van der Waals surface area contributed by atoms with Crippen LogP contribution in [0.5, 0.6) is 0 Å². The number of hydrogen-bond donors (Lipinski definition) is 0. The van der Waals surface area contributed by atoms with E-state index in [0.29, 0.717) is 71.6 Å². The number of benzene rings is 2. The molecule has 0 fully saturated rings. The van der Waals surface area contributed by atoms with Crippen LogP contribution < -0.4 is 0 Å². The van der Waals surface area contributed by atoms with Crippen LogP contribution in [0.3, 0.4) is 0 Å². The van der Waals surface area contributed by atoms with Gasteiger partial charge in [0, 0.05) is 100 Å². The summed E-state index contributed by atoms with van der Waals surface area (Å²) >= 11 is 0. The van der Waals surface area contributed by atoms with Crippen LogP contribution >= 0.6 is 0 Å². The zero-order valence-electron chi connectivity index (χ0n) is 36.8. The number of carbonyl (C=O) groups is 4. The third-order valence-corrected chi connectivity index (χ3v) is 13.4. The van der Waals surface area contributed by atoms with E-state index < -0.39 is 6.67 Å². The predicted octanol–water partition coefficient (Wildman–Crippen LogP) is 7.93. The smallest absolute Gasteiger partial charge is 0.230 e. The Kier molecular flexibility index (Phi) is 13.7. The Hall–Kier alpha value is -4.94. The van der Waals surface area contributed by atoms with Crippen molar-refractivity contribution in [2.24, 2.45) is 11.8 Å². The zero-order chi connectivity index (χ0) is 43.5. The summed E-state index contributed by atoms with van der Waals surface area (Å²) in [6, 6.07) is 12.3. The molecular formula is C49H62F2N6O4. The quantitative estimate of drug-likeness (QED) is 0.136. The number of hydrogen-bond acceptors (Lipinski definition) is 6. The van der Waals surface area contributed by atoms with Gasteiger partial charge in [-0.25, -0.2) is 4.39 Å². The fourth-order valence-electron chi connectivity index (χ4n) is 10.3. The van der Waals surface area contributed by atoms with Gasteiger partial charge in [0.2, 0.25) is 23.6 Å². The summed E-state index contributed by atoms with van der Waals surface area (Å²) in [6.07, 6.45) is 11.1. The first kappa shape index (κ1) is 44.1. The molecule has 2 amide bonds. The lowest BCUT2D eigenvalue weighted by atomic mass is 9.79. The Morgan fingerprint density at radius 2 is 1.03 bits per heavy atom. The fraction of sp³-hybridized carbons (Fsp3) is 0.510. The van der Waals surface area contributed by atoms with Gasteiger partial charge in [0.05, 0.1) is 29.5 Å². The van der Waals surface area contributed by atoms with Crippen LogP contribution in [0.15, 0.2) is 60.9 Å². The minimum Gasteiger partial charge on any atom is -0.343 e. The standard InChI is InChI=1S/C25H32FN3O2.C24H30FN3O2/c1-4-23(30)29-16-17-14-22-20(19-9-7-10-21(29)24(17)19)13-18(15-28(22)12-8-11-26)25(31)27(5-2)6-3;1-4-22(29)28-15-16-13-21-19(18-8-7-9-20(28)23(16)18)12-17(14-27(21)11-10-25)24(30)26(5-2)6-3/h7,9-10,13,16,18,22H,4-6,8,11-12,14-15H2,1-3H3;7-9,12,15,17,21H,4-6,10-11,13-14H2,1-3H3/t18?,22-;17-,21-/m11/s1. The summed E-state index contributed by atoms with van der Waals surface area (Å²) < 4.78 is 30.0. The first-order valence-electron chi connectivity index (χ1n) is 22.5. The molecule has 12 heteroatoms. The molecule has 4 atom stereocenters. The van der Waals surface area contributed by atoms with Gasteiger partial charge in [-0.2, -0.15) is 0 Å². The second-order valence-corrected chi connectivity index (χ2v) is 16.6. The van der Waals surface area contributed by atoms with Gasteiger partial charge in [-0.1, -0.05) is 50.3 Å². The molecule has 2 aromatic heterocycles. The second-order valence-electron chi connectivity index (χ2n) is 16.6. The van der Waals surface area contributed by atoms with E-state index in [4.69, 9.17) is 0 Å². The Morgan fingerprint density at radius 1 is 0.607 bits per heavy atom. The lowest BCUT2D eigenvalue weighted by Gasteiger charge is -2.42. The van der Waals surface area contributed by atoms with Gasteiger partial charge in [0.1, 0.15) is 6.67 Å².